The molecule has 0 unspecified atom stereocenters. The fourth-order valence-corrected chi connectivity index (χ4v) is 3.73. The van der Waals surface area contributed by atoms with E-state index in [4.69, 9.17) is 5.11 Å². The van der Waals surface area contributed by atoms with Crippen molar-refractivity contribution in [1.82, 2.24) is 9.80 Å². The lowest BCUT2D eigenvalue weighted by Crippen LogP contribution is -2.44. The Balaban J connectivity index is 1.69. The van der Waals surface area contributed by atoms with Gasteiger partial charge in [-0.2, -0.15) is 0 Å². The highest BCUT2D eigenvalue weighted by Crippen LogP contribution is 2.32. The number of carboxylic acid groups (broad SMARTS) is 1. The van der Waals surface area contributed by atoms with Crippen LogP contribution in [-0.4, -0.2) is 57.6 Å². The lowest BCUT2D eigenvalue weighted by molar-refractivity contribution is -0.136. The number of hydrogen-bond donors (Lipinski definition) is 1. The number of aromatic carboxylic acids is 1. The number of imide groups is 1. The van der Waals surface area contributed by atoms with E-state index >= 15 is 0 Å². The van der Waals surface area contributed by atoms with Crippen LogP contribution in [0.2, 0.25) is 0 Å². The van der Waals surface area contributed by atoms with Crippen LogP contribution >= 0.6 is 11.8 Å². The highest BCUT2D eigenvalue weighted by atomic mass is 32.2. The Morgan fingerprint density at radius 3 is 2.35 bits per heavy atom. The smallest absolute Gasteiger partial charge is 0.335 e. The number of carboxylic acids is 1. The van der Waals surface area contributed by atoms with Crippen molar-refractivity contribution in [3.8, 4) is 0 Å². The molecule has 2 fully saturated rings. The summed E-state index contributed by atoms with van der Waals surface area (Å²) in [5, 5.41) is 8.44. The van der Waals surface area contributed by atoms with Crippen molar-refractivity contribution in [3.63, 3.8) is 0 Å². The predicted octanol–water partition coefficient (Wildman–Crippen LogP) is 2.43. The van der Waals surface area contributed by atoms with Crippen LogP contribution in [0, 0.1) is 0 Å². The Labute approximate surface area is 154 Å². The first-order chi connectivity index (χ1) is 12.5. The van der Waals surface area contributed by atoms with Crippen LogP contribution in [0.4, 0.5) is 4.79 Å². The standard InChI is InChI=1S/C18H18N2O5S/c21-15(19-8-2-1-3-9-19)11-20-16(22)14(26-18(20)25)10-12-4-6-13(7-5-12)17(23)24/h4-7,10H,1-3,8-9,11H2,(H,23,24)/b14-10-. The highest BCUT2D eigenvalue weighted by molar-refractivity contribution is 8.18. The van der Waals surface area contributed by atoms with Crippen LogP contribution in [0.3, 0.4) is 0 Å². The number of carbonyl (C=O) groups excluding carboxylic acids is 3. The van der Waals surface area contributed by atoms with Crippen LogP contribution in [-0.2, 0) is 9.59 Å². The van der Waals surface area contributed by atoms with Gasteiger partial charge in [0.25, 0.3) is 11.1 Å². The number of amides is 3. The first-order valence-electron chi connectivity index (χ1n) is 8.32. The molecular formula is C18H18N2O5S. The third-order valence-corrected chi connectivity index (χ3v) is 5.24. The summed E-state index contributed by atoms with van der Waals surface area (Å²) in [5.41, 5.74) is 0.755. The van der Waals surface area contributed by atoms with E-state index in [9.17, 15) is 19.2 Å². The number of hydrogen-bond acceptors (Lipinski definition) is 5. The average Bonchev–Trinajstić information content (AvgIpc) is 2.90. The number of likely N-dealkylation sites (tertiary alicyclic amines) is 1. The lowest BCUT2D eigenvalue weighted by Gasteiger charge is -2.27. The molecule has 2 heterocycles. The largest absolute Gasteiger partial charge is 0.478 e. The van der Waals surface area contributed by atoms with Crippen molar-refractivity contribution in [2.75, 3.05) is 19.6 Å². The SMILES string of the molecule is O=C(O)c1ccc(/C=C2\SC(=O)N(CC(=O)N3CCCCC3)C2=O)cc1. The Kier molecular flexibility index (Phi) is 5.41. The maximum Gasteiger partial charge on any atom is 0.335 e. The third-order valence-electron chi connectivity index (χ3n) is 4.33. The average molecular weight is 374 g/mol. The van der Waals surface area contributed by atoms with E-state index in [1.54, 1.807) is 17.0 Å². The molecule has 2 aliphatic heterocycles. The van der Waals surface area contributed by atoms with Gasteiger partial charge in [0.2, 0.25) is 5.91 Å². The minimum atomic E-state index is -1.03. The van der Waals surface area contributed by atoms with Crippen molar-refractivity contribution in [1.29, 1.82) is 0 Å². The predicted molar refractivity (Wildman–Crippen MR) is 96.5 cm³/mol. The Morgan fingerprint density at radius 2 is 1.73 bits per heavy atom. The second-order valence-electron chi connectivity index (χ2n) is 6.14. The molecule has 7 nitrogen and oxygen atoms in total. The number of thioether (sulfide) groups is 1. The molecular weight excluding hydrogens is 356 g/mol. The molecule has 0 aromatic heterocycles. The fraction of sp³-hybridized carbons (Fsp3) is 0.333. The summed E-state index contributed by atoms with van der Waals surface area (Å²) in [5.74, 6) is -1.74. The zero-order chi connectivity index (χ0) is 18.7. The normalized spacial score (nSPS) is 19.3. The first-order valence-corrected chi connectivity index (χ1v) is 9.14. The van der Waals surface area contributed by atoms with E-state index < -0.39 is 17.1 Å². The van der Waals surface area contributed by atoms with E-state index in [0.717, 1.165) is 35.9 Å². The molecule has 0 saturated carbocycles. The van der Waals surface area contributed by atoms with Gasteiger partial charge >= 0.3 is 5.97 Å². The van der Waals surface area contributed by atoms with Crippen LogP contribution in [0.15, 0.2) is 29.2 Å². The Hall–Kier alpha value is -2.61. The maximum atomic E-state index is 12.5. The third kappa shape index (κ3) is 3.96. The molecule has 8 heteroatoms. The molecule has 0 aliphatic carbocycles. The van der Waals surface area contributed by atoms with E-state index in [1.807, 2.05) is 0 Å². The highest BCUT2D eigenvalue weighted by Gasteiger charge is 2.37. The number of carbonyl (C=O) groups is 4. The zero-order valence-electron chi connectivity index (χ0n) is 14.0. The van der Waals surface area contributed by atoms with Crippen molar-refractivity contribution in [2.24, 2.45) is 0 Å². The minimum Gasteiger partial charge on any atom is -0.478 e. The molecule has 0 atom stereocenters. The van der Waals surface area contributed by atoms with Gasteiger partial charge in [-0.25, -0.2) is 4.79 Å². The summed E-state index contributed by atoms with van der Waals surface area (Å²) in [4.78, 5) is 50.7. The molecule has 26 heavy (non-hydrogen) atoms. The van der Waals surface area contributed by atoms with Crippen LogP contribution in [0.5, 0.6) is 0 Å². The van der Waals surface area contributed by atoms with Gasteiger partial charge in [-0.15, -0.1) is 0 Å². The first kappa shape index (κ1) is 18.2. The van der Waals surface area contributed by atoms with Crippen LogP contribution < -0.4 is 0 Å². The number of rotatable bonds is 4. The summed E-state index contributed by atoms with van der Waals surface area (Å²) in [6, 6.07) is 5.99. The number of piperidine rings is 1. The second kappa shape index (κ2) is 7.74. The summed E-state index contributed by atoms with van der Waals surface area (Å²) >= 11 is 0.787. The number of benzene rings is 1. The monoisotopic (exact) mass is 374 g/mol. The molecule has 3 rings (SSSR count). The molecule has 136 valence electrons. The molecule has 1 aromatic rings. The van der Waals surface area contributed by atoms with E-state index in [0.29, 0.717) is 18.7 Å². The van der Waals surface area contributed by atoms with Gasteiger partial charge < -0.3 is 10.0 Å². The van der Waals surface area contributed by atoms with Crippen LogP contribution in [0.25, 0.3) is 6.08 Å². The van der Waals surface area contributed by atoms with Gasteiger partial charge in [0.05, 0.1) is 10.5 Å². The summed E-state index contributed by atoms with van der Waals surface area (Å²) in [6.45, 7) is 1.10. The van der Waals surface area contributed by atoms with Gasteiger partial charge in [0.1, 0.15) is 6.54 Å². The van der Waals surface area contributed by atoms with Gasteiger partial charge in [-0.05, 0) is 54.8 Å². The van der Waals surface area contributed by atoms with Gasteiger partial charge in [0, 0.05) is 13.1 Å². The van der Waals surface area contributed by atoms with E-state index in [1.165, 1.54) is 18.2 Å². The molecule has 0 spiro atoms. The molecule has 1 aromatic carbocycles. The zero-order valence-corrected chi connectivity index (χ0v) is 14.8. The van der Waals surface area contributed by atoms with Crippen molar-refractivity contribution >= 4 is 40.9 Å². The van der Waals surface area contributed by atoms with E-state index in [2.05, 4.69) is 0 Å². The molecule has 3 amide bonds. The minimum absolute atomic E-state index is 0.141. The molecule has 2 aliphatic rings. The molecule has 2 saturated heterocycles. The molecule has 0 bridgehead atoms. The van der Waals surface area contributed by atoms with Crippen molar-refractivity contribution in [3.05, 3.63) is 40.3 Å². The van der Waals surface area contributed by atoms with Gasteiger partial charge in [-0.1, -0.05) is 12.1 Å². The quantitative estimate of drug-likeness (QED) is 0.814. The molecule has 1 N–H and O–H groups in total. The lowest BCUT2D eigenvalue weighted by atomic mass is 10.1. The summed E-state index contributed by atoms with van der Waals surface area (Å²) in [6.07, 6.45) is 4.51. The summed E-state index contributed by atoms with van der Waals surface area (Å²) < 4.78 is 0. The van der Waals surface area contributed by atoms with Crippen molar-refractivity contribution < 1.29 is 24.3 Å². The Bertz CT molecular complexity index is 781. The van der Waals surface area contributed by atoms with Crippen LogP contribution in [0.1, 0.15) is 35.2 Å². The number of nitrogens with zero attached hydrogens (tertiary/aromatic N) is 2. The maximum absolute atomic E-state index is 12.5. The van der Waals surface area contributed by atoms with E-state index in [-0.39, 0.29) is 22.9 Å². The van der Waals surface area contributed by atoms with Crippen molar-refractivity contribution in [2.45, 2.75) is 19.3 Å². The molecule has 0 radical (unpaired) electrons. The van der Waals surface area contributed by atoms with Gasteiger partial charge in [-0.3, -0.25) is 19.3 Å². The fourth-order valence-electron chi connectivity index (χ4n) is 2.89. The summed E-state index contributed by atoms with van der Waals surface area (Å²) in [7, 11) is 0. The topological polar surface area (TPSA) is 95.0 Å². The Morgan fingerprint density at radius 1 is 1.08 bits per heavy atom. The second-order valence-corrected chi connectivity index (χ2v) is 7.13. The van der Waals surface area contributed by atoms with Gasteiger partial charge in [0.15, 0.2) is 0 Å².